The fourth-order valence-corrected chi connectivity index (χ4v) is 7.39. The van der Waals surface area contributed by atoms with E-state index >= 15 is 0 Å². The molecule has 5 heterocycles. The molecule has 0 unspecified atom stereocenters. The van der Waals surface area contributed by atoms with Crippen LogP contribution >= 0.6 is 0 Å². The highest BCUT2D eigenvalue weighted by molar-refractivity contribution is 6.01. The lowest BCUT2D eigenvalue weighted by Crippen LogP contribution is -2.41. The average molecular weight is 677 g/mol. The van der Waals surface area contributed by atoms with Gasteiger partial charge < -0.3 is 30.4 Å². The molecule has 256 valence electrons. The monoisotopic (exact) mass is 676 g/mol. The maximum absolute atomic E-state index is 12.9. The van der Waals surface area contributed by atoms with E-state index in [0.717, 1.165) is 22.3 Å². The van der Waals surface area contributed by atoms with Crippen LogP contribution in [0.4, 0.5) is 0 Å². The van der Waals surface area contributed by atoms with Crippen LogP contribution in [0, 0.1) is 12.8 Å². The summed E-state index contributed by atoms with van der Waals surface area (Å²) < 4.78 is 0. The van der Waals surface area contributed by atoms with Crippen LogP contribution in [-0.4, -0.2) is 64.2 Å². The Morgan fingerprint density at radius 2 is 1.46 bits per heavy atom. The molecule has 0 saturated heterocycles. The molecule has 2 atom stereocenters. The lowest BCUT2D eigenvalue weighted by Gasteiger charge is -2.35. The first-order valence-electron chi connectivity index (χ1n) is 16.1. The number of aryl methyl sites for hydroxylation is 2. The first kappa shape index (κ1) is 33.8. The summed E-state index contributed by atoms with van der Waals surface area (Å²) in [5.74, 6) is -6.06. The third kappa shape index (κ3) is 5.52. The molecule has 50 heavy (non-hydrogen) atoms. The van der Waals surface area contributed by atoms with E-state index in [2.05, 4.69) is 16.5 Å². The Labute approximate surface area is 286 Å². The fourth-order valence-electron chi connectivity index (χ4n) is 7.39. The minimum Gasteiger partial charge on any atom is -0.481 e. The van der Waals surface area contributed by atoms with Gasteiger partial charge in [0.15, 0.2) is 0 Å². The number of carboxylic acids is 4. The molecule has 0 radical (unpaired) electrons. The van der Waals surface area contributed by atoms with Gasteiger partial charge in [-0.3, -0.25) is 14.4 Å². The first-order chi connectivity index (χ1) is 23.6. The zero-order valence-corrected chi connectivity index (χ0v) is 28.0. The Kier molecular flexibility index (Phi) is 8.42. The summed E-state index contributed by atoms with van der Waals surface area (Å²) in [5, 5.41) is 39.7. The Morgan fingerprint density at radius 3 is 2.10 bits per heavy atom. The average Bonchev–Trinajstić information content (AvgIpc) is 3.69. The minimum absolute atomic E-state index is 0.114. The number of allylic oxidation sites excluding steroid dienone is 8. The number of rotatable bonds is 9. The van der Waals surface area contributed by atoms with Crippen LogP contribution in [0.15, 0.2) is 54.6 Å². The first-order valence-corrected chi connectivity index (χ1v) is 16.1. The molecule has 0 saturated carbocycles. The number of nitrogens with zero attached hydrogens (tertiary/aromatic N) is 2. The molecule has 0 amide bonds. The van der Waals surface area contributed by atoms with Crippen LogP contribution in [0.3, 0.4) is 0 Å². The standard InChI is InChI=1S/C38H36N4O8/c1-6-20-17(2)26-14-31-24-10-7-23(36(47)48)35(37(49)50)38(24,5)32(42-31)16-27-19(4)22(9-12-34(45)46)30(41-27)15-29-21(8-11-33(43)44)18(3)25(40-29)13-28(20)39-26/h6-7,10,13-16,35,40,42H,1,8-9,11-12H2,2-5H3,(H,43,44)(H,45,46)(H,47,48)(H,49,50)/t35-,38+/m1/s1. The summed E-state index contributed by atoms with van der Waals surface area (Å²) in [6.45, 7) is 11.3. The van der Waals surface area contributed by atoms with Gasteiger partial charge in [0.1, 0.15) is 5.92 Å². The van der Waals surface area contributed by atoms with Crippen molar-refractivity contribution in [3.8, 4) is 0 Å². The van der Waals surface area contributed by atoms with Crippen LogP contribution in [-0.2, 0) is 31.0 Å². The number of nitrogens with one attached hydrogen (secondary N) is 2. The fraction of sp³-hybridized carbons (Fsp3) is 0.263. The van der Waals surface area contributed by atoms with E-state index in [4.69, 9.17) is 9.97 Å². The Bertz CT molecular complexity index is 2260. The predicted octanol–water partition coefficient (Wildman–Crippen LogP) is 6.34. The zero-order chi connectivity index (χ0) is 36.2. The van der Waals surface area contributed by atoms with Crippen LogP contribution in [0.1, 0.15) is 85.3 Å². The molecule has 2 aromatic heterocycles. The maximum atomic E-state index is 12.9. The van der Waals surface area contributed by atoms with Gasteiger partial charge in [-0.1, -0.05) is 24.8 Å². The van der Waals surface area contributed by atoms with Crippen molar-refractivity contribution < 1.29 is 39.6 Å². The molecule has 0 fully saturated rings. The molecule has 1 aliphatic carbocycles. The normalized spacial score (nSPS) is 19.0. The molecule has 12 nitrogen and oxygen atoms in total. The van der Waals surface area contributed by atoms with Crippen LogP contribution in [0.5, 0.6) is 0 Å². The number of carboxylic acid groups (broad SMARTS) is 4. The van der Waals surface area contributed by atoms with Crippen LogP contribution in [0.2, 0.25) is 0 Å². The number of aromatic nitrogens is 4. The van der Waals surface area contributed by atoms with E-state index < -0.39 is 35.2 Å². The SMILES string of the molecule is C=CC1=C(C)c2cc3[nH]c(cc4nc(cc5[nH]c(cc1n2)c(C)c5CCC(=O)O)C(CCC(=O)O)=C4C)[C@]1(C)C3=CC=C(C(=O)O)[C@@H]1C(=O)O. The molecule has 0 aromatic carbocycles. The molecule has 3 aliphatic heterocycles. The number of carbonyl (C=O) groups is 4. The Morgan fingerprint density at radius 1 is 0.820 bits per heavy atom. The highest BCUT2D eigenvalue weighted by atomic mass is 16.4. The smallest absolute Gasteiger partial charge is 0.332 e. The quantitative estimate of drug-likeness (QED) is 0.174. The molecule has 6 rings (SSSR count). The lowest BCUT2D eigenvalue weighted by atomic mass is 9.64. The van der Waals surface area contributed by atoms with Crippen LogP contribution < -0.4 is 0 Å². The predicted molar refractivity (Wildman–Crippen MR) is 187 cm³/mol. The molecule has 2 aromatic rings. The van der Waals surface area contributed by atoms with E-state index in [1.807, 2.05) is 32.9 Å². The number of aromatic amines is 2. The molecule has 12 heteroatoms. The van der Waals surface area contributed by atoms with Gasteiger partial charge in [0, 0.05) is 40.8 Å². The molecule has 8 bridgehead atoms. The van der Waals surface area contributed by atoms with Gasteiger partial charge >= 0.3 is 23.9 Å². The van der Waals surface area contributed by atoms with Crippen molar-refractivity contribution in [3.05, 3.63) is 99.9 Å². The van der Waals surface area contributed by atoms with Gasteiger partial charge in [-0.2, -0.15) is 0 Å². The van der Waals surface area contributed by atoms with Gasteiger partial charge in [0.2, 0.25) is 0 Å². The molecular formula is C38H36N4O8. The van der Waals surface area contributed by atoms with Gasteiger partial charge in [-0.15, -0.1) is 0 Å². The van der Waals surface area contributed by atoms with Crippen molar-refractivity contribution in [1.29, 1.82) is 0 Å². The summed E-state index contributed by atoms with van der Waals surface area (Å²) in [6, 6.07) is 7.17. The number of hydrogen-bond donors (Lipinski definition) is 6. The van der Waals surface area contributed by atoms with Crippen molar-refractivity contribution in [1.82, 2.24) is 19.9 Å². The highest BCUT2D eigenvalue weighted by Gasteiger charge is 2.52. The molecular weight excluding hydrogens is 640 g/mol. The van der Waals surface area contributed by atoms with Crippen molar-refractivity contribution in [2.45, 2.75) is 58.8 Å². The summed E-state index contributed by atoms with van der Waals surface area (Å²) in [6.07, 6.45) is 4.75. The number of aliphatic carboxylic acids is 4. The van der Waals surface area contributed by atoms with Crippen molar-refractivity contribution in [3.63, 3.8) is 0 Å². The lowest BCUT2D eigenvalue weighted by molar-refractivity contribution is -0.145. The summed E-state index contributed by atoms with van der Waals surface area (Å²) >= 11 is 0. The summed E-state index contributed by atoms with van der Waals surface area (Å²) in [4.78, 5) is 65.2. The van der Waals surface area contributed by atoms with Gasteiger partial charge in [0.05, 0.1) is 33.8 Å². The zero-order valence-electron chi connectivity index (χ0n) is 28.0. The Hall–Kier alpha value is -6.04. The van der Waals surface area contributed by atoms with Gasteiger partial charge in [0.25, 0.3) is 0 Å². The highest BCUT2D eigenvalue weighted by Crippen LogP contribution is 2.52. The third-order valence-corrected chi connectivity index (χ3v) is 10.1. The number of H-pyrrole nitrogens is 2. The van der Waals surface area contributed by atoms with Gasteiger partial charge in [-0.05, 0) is 98.2 Å². The van der Waals surface area contributed by atoms with Crippen molar-refractivity contribution in [2.75, 3.05) is 0 Å². The van der Waals surface area contributed by atoms with Gasteiger partial charge in [-0.25, -0.2) is 14.8 Å². The van der Waals surface area contributed by atoms with E-state index in [1.54, 1.807) is 31.2 Å². The molecule has 4 aliphatic rings. The number of fused-ring (bicyclic) bond motifs is 11. The largest absolute Gasteiger partial charge is 0.481 e. The van der Waals surface area contributed by atoms with E-state index in [0.29, 0.717) is 61.9 Å². The van der Waals surface area contributed by atoms with E-state index in [9.17, 15) is 39.6 Å². The summed E-state index contributed by atoms with van der Waals surface area (Å²) in [5.41, 5.74) is 7.84. The second-order valence-electron chi connectivity index (χ2n) is 13.0. The minimum atomic E-state index is -1.46. The van der Waals surface area contributed by atoms with Crippen molar-refractivity contribution >= 4 is 62.8 Å². The summed E-state index contributed by atoms with van der Waals surface area (Å²) in [7, 11) is 0. The van der Waals surface area contributed by atoms with E-state index in [1.165, 1.54) is 6.08 Å². The molecule has 6 N–H and O–H groups in total. The maximum Gasteiger partial charge on any atom is 0.332 e. The van der Waals surface area contributed by atoms with E-state index in [-0.39, 0.29) is 31.3 Å². The topological polar surface area (TPSA) is 207 Å². The van der Waals surface area contributed by atoms with Crippen molar-refractivity contribution in [2.24, 2.45) is 5.92 Å². The van der Waals surface area contributed by atoms with Crippen LogP contribution in [0.25, 0.3) is 38.9 Å². The second kappa shape index (κ2) is 12.4. The second-order valence-corrected chi connectivity index (χ2v) is 13.0. The molecule has 0 spiro atoms. The Balaban J connectivity index is 1.77. The third-order valence-electron chi connectivity index (χ3n) is 10.1. The number of hydrogen-bond acceptors (Lipinski definition) is 6.